The molecule has 1 N–H and O–H groups in total. The van der Waals surface area contributed by atoms with Gasteiger partial charge < -0.3 is 9.47 Å². The number of rotatable bonds is 9. The monoisotopic (exact) mass is 515 g/mol. The molecule has 3 aromatic heterocycles. The lowest BCUT2D eigenvalue weighted by Gasteiger charge is -2.22. The Morgan fingerprint density at radius 3 is 2.50 bits per heavy atom. The molecule has 11 nitrogen and oxygen atoms in total. The fourth-order valence-electron chi connectivity index (χ4n) is 3.32. The zero-order chi connectivity index (χ0) is 24.7. The lowest BCUT2D eigenvalue weighted by atomic mass is 10.2. The van der Waals surface area contributed by atoms with Gasteiger partial charge in [-0.1, -0.05) is 17.7 Å². The highest BCUT2D eigenvalue weighted by Gasteiger charge is 2.60. The summed E-state index contributed by atoms with van der Waals surface area (Å²) < 4.78 is 68.2. The van der Waals surface area contributed by atoms with Gasteiger partial charge in [-0.3, -0.25) is 9.29 Å². The maximum absolute atomic E-state index is 14.1. The van der Waals surface area contributed by atoms with Crippen molar-refractivity contribution in [3.8, 4) is 17.4 Å². The van der Waals surface area contributed by atoms with Crippen molar-refractivity contribution in [2.45, 2.75) is 36.7 Å². The first-order valence-corrected chi connectivity index (χ1v) is 11.9. The van der Waals surface area contributed by atoms with Gasteiger partial charge in [0, 0.05) is 32.0 Å². The minimum absolute atomic E-state index is 0.0317. The van der Waals surface area contributed by atoms with Gasteiger partial charge in [0.1, 0.15) is 23.1 Å². The Kier molecular flexibility index (Phi) is 6.40. The van der Waals surface area contributed by atoms with Crippen molar-refractivity contribution in [2.75, 3.05) is 18.9 Å². The Morgan fingerprint density at radius 2 is 1.91 bits per heavy atom. The maximum Gasteiger partial charge on any atom is 0.271 e. The first kappa shape index (κ1) is 24.2. The van der Waals surface area contributed by atoms with Crippen molar-refractivity contribution >= 4 is 27.6 Å². The van der Waals surface area contributed by atoms with Gasteiger partial charge in [0.2, 0.25) is 21.9 Å². The van der Waals surface area contributed by atoms with Crippen LogP contribution in [0.3, 0.4) is 0 Å². The minimum atomic E-state index is -4.23. The molecule has 15 heteroatoms. The number of hydrogen-bond donors (Lipinski definition) is 1. The number of alkyl halides is 2. The van der Waals surface area contributed by atoms with Crippen LogP contribution in [-0.4, -0.2) is 63.5 Å². The third-order valence-electron chi connectivity index (χ3n) is 5.26. The predicted molar refractivity (Wildman–Crippen MR) is 117 cm³/mol. The van der Waals surface area contributed by atoms with Gasteiger partial charge in [-0.25, -0.2) is 32.2 Å². The van der Waals surface area contributed by atoms with Gasteiger partial charge in [0.15, 0.2) is 11.6 Å². The van der Waals surface area contributed by atoms with Crippen molar-refractivity contribution < 1.29 is 26.7 Å². The van der Waals surface area contributed by atoms with Crippen molar-refractivity contribution in [1.82, 2.24) is 29.7 Å². The fraction of sp³-hybridized carbons (Fsp3) is 0.421. The van der Waals surface area contributed by atoms with Crippen LogP contribution in [0, 0.1) is 0 Å². The average molecular weight is 516 g/mol. The number of nitrogens with zero attached hydrogens (tertiary/aromatic N) is 6. The highest BCUT2D eigenvalue weighted by atomic mass is 35.5. The summed E-state index contributed by atoms with van der Waals surface area (Å²) in [6, 6.07) is 3.37. The summed E-state index contributed by atoms with van der Waals surface area (Å²) in [5, 5.41) is 6.79. The molecule has 1 saturated carbocycles. The first-order chi connectivity index (χ1) is 16.1. The van der Waals surface area contributed by atoms with Crippen LogP contribution < -0.4 is 9.46 Å². The molecule has 0 bridgehead atoms. The zero-order valence-corrected chi connectivity index (χ0v) is 19.8. The molecule has 1 fully saturated rings. The molecule has 0 aliphatic heterocycles. The number of sulfonamides is 1. The number of ether oxygens (including phenoxy) is 2. The van der Waals surface area contributed by atoms with Gasteiger partial charge in [-0.05, 0) is 13.0 Å². The summed E-state index contributed by atoms with van der Waals surface area (Å²) in [5.41, 5.74) is 0.192. The maximum atomic E-state index is 14.1. The van der Waals surface area contributed by atoms with Gasteiger partial charge >= 0.3 is 0 Å². The summed E-state index contributed by atoms with van der Waals surface area (Å²) >= 11 is 5.80. The molecule has 0 amide bonds. The van der Waals surface area contributed by atoms with Gasteiger partial charge in [-0.2, -0.15) is 0 Å². The molecule has 34 heavy (non-hydrogen) atoms. The van der Waals surface area contributed by atoms with Crippen LogP contribution in [-0.2, 0) is 14.8 Å². The molecule has 4 rings (SSSR count). The Morgan fingerprint density at radius 1 is 1.24 bits per heavy atom. The Hall–Kier alpha value is -2.97. The van der Waals surface area contributed by atoms with E-state index in [-0.39, 0.29) is 34.2 Å². The number of methoxy groups -OCH3 is 2. The standard InChI is InChI=1S/C19H20ClF2N7O4S/c1-10(15(33-3)16-23-8-11(20)9-24-16)34(30,31)28-18-27-26-17(29(18)13-7-19(13,21)22)12-5-4-6-14(25-12)32-2/h4-6,8-10,13,15H,7H2,1-3H3,(H,27,28)/t10-,13?,15-/m0/s1. The van der Waals surface area contributed by atoms with Crippen LogP contribution in [0.4, 0.5) is 14.7 Å². The van der Waals surface area contributed by atoms with E-state index in [0.29, 0.717) is 0 Å². The second kappa shape index (κ2) is 9.00. The van der Waals surface area contributed by atoms with Crippen LogP contribution in [0.25, 0.3) is 11.5 Å². The molecule has 0 saturated heterocycles. The SMILES string of the molecule is COc1cccc(-c2nnc(NS(=O)(=O)[C@@H](C)[C@H](OC)c3ncc(Cl)cn3)n2C2CC2(F)F)n1. The summed E-state index contributed by atoms with van der Waals surface area (Å²) in [4.78, 5) is 12.2. The number of hydrogen-bond acceptors (Lipinski definition) is 9. The van der Waals surface area contributed by atoms with Gasteiger partial charge in [-0.15, -0.1) is 10.2 Å². The minimum Gasteiger partial charge on any atom is -0.481 e. The van der Waals surface area contributed by atoms with E-state index in [4.69, 9.17) is 21.1 Å². The Bertz CT molecular complexity index is 1290. The Balaban J connectivity index is 1.69. The molecular formula is C19H20ClF2N7O4S. The predicted octanol–water partition coefficient (Wildman–Crippen LogP) is 2.89. The molecular weight excluding hydrogens is 496 g/mol. The second-order valence-corrected chi connectivity index (χ2v) is 10.0. The highest BCUT2D eigenvalue weighted by Crippen LogP contribution is 2.54. The molecule has 1 aliphatic carbocycles. The van der Waals surface area contributed by atoms with E-state index in [1.165, 1.54) is 39.6 Å². The topological polar surface area (TPSA) is 134 Å². The number of anilines is 1. The quantitative estimate of drug-likeness (QED) is 0.456. The lowest BCUT2D eigenvalue weighted by Crippen LogP contribution is -2.33. The van der Waals surface area contributed by atoms with Crippen molar-refractivity contribution in [2.24, 2.45) is 0 Å². The van der Waals surface area contributed by atoms with E-state index < -0.39 is 39.8 Å². The molecule has 1 unspecified atom stereocenters. The van der Waals surface area contributed by atoms with E-state index in [1.807, 2.05) is 0 Å². The van der Waals surface area contributed by atoms with E-state index in [0.717, 1.165) is 4.57 Å². The first-order valence-electron chi connectivity index (χ1n) is 9.93. The van der Waals surface area contributed by atoms with Crippen LogP contribution in [0.15, 0.2) is 30.6 Å². The van der Waals surface area contributed by atoms with Crippen molar-refractivity contribution in [1.29, 1.82) is 0 Å². The van der Waals surface area contributed by atoms with Crippen LogP contribution in [0.2, 0.25) is 5.02 Å². The van der Waals surface area contributed by atoms with Crippen LogP contribution in [0.5, 0.6) is 5.88 Å². The largest absolute Gasteiger partial charge is 0.481 e. The molecule has 182 valence electrons. The number of pyridine rings is 1. The fourth-order valence-corrected chi connectivity index (χ4v) is 4.56. The van der Waals surface area contributed by atoms with E-state index in [2.05, 4.69) is 29.9 Å². The molecule has 3 heterocycles. The summed E-state index contributed by atoms with van der Waals surface area (Å²) in [6.45, 7) is 1.37. The molecule has 0 spiro atoms. The summed E-state index contributed by atoms with van der Waals surface area (Å²) in [7, 11) is -1.53. The molecule has 3 aromatic rings. The van der Waals surface area contributed by atoms with Crippen LogP contribution in [0.1, 0.15) is 31.3 Å². The average Bonchev–Trinajstić information content (AvgIpc) is 3.24. The van der Waals surface area contributed by atoms with Gasteiger partial charge in [0.05, 0.1) is 12.1 Å². The normalized spacial score (nSPS) is 18.8. The van der Waals surface area contributed by atoms with E-state index in [1.54, 1.807) is 12.1 Å². The van der Waals surface area contributed by atoms with Crippen molar-refractivity contribution in [3.63, 3.8) is 0 Å². The van der Waals surface area contributed by atoms with E-state index >= 15 is 0 Å². The van der Waals surface area contributed by atoms with Gasteiger partial charge in [0.25, 0.3) is 5.92 Å². The summed E-state index contributed by atoms with van der Waals surface area (Å²) in [6.07, 6.45) is 1.04. The molecule has 0 aromatic carbocycles. The number of aromatic nitrogens is 6. The zero-order valence-electron chi connectivity index (χ0n) is 18.2. The molecule has 1 aliphatic rings. The third-order valence-corrected chi connectivity index (χ3v) is 7.15. The van der Waals surface area contributed by atoms with Crippen LogP contribution >= 0.6 is 11.6 Å². The van der Waals surface area contributed by atoms with E-state index in [9.17, 15) is 17.2 Å². The molecule has 3 atom stereocenters. The third kappa shape index (κ3) is 4.65. The number of halogens is 3. The van der Waals surface area contributed by atoms with Crippen molar-refractivity contribution in [3.05, 3.63) is 41.4 Å². The highest BCUT2D eigenvalue weighted by molar-refractivity contribution is 7.93. The number of nitrogens with one attached hydrogen (secondary N) is 1. The Labute approximate surface area is 198 Å². The summed E-state index contributed by atoms with van der Waals surface area (Å²) in [5.74, 6) is -3.14. The lowest BCUT2D eigenvalue weighted by molar-refractivity contribution is 0.0949. The second-order valence-electron chi connectivity index (χ2n) is 7.53. The smallest absolute Gasteiger partial charge is 0.271 e. The molecule has 0 radical (unpaired) electrons.